The second-order valence-electron chi connectivity index (χ2n) is 4.02. The fourth-order valence-electron chi connectivity index (χ4n) is 1.63. The molecule has 108 valence electrons. The SMILES string of the molecule is CC(NS(=O)(=O)c1c(N)cc(Cl)cc1Cl)c1ncn[nH]1. The molecule has 0 fully saturated rings. The Bertz CT molecular complexity index is 694. The first-order valence-electron chi connectivity index (χ1n) is 5.43. The van der Waals surface area contributed by atoms with E-state index in [1.165, 1.54) is 18.5 Å². The summed E-state index contributed by atoms with van der Waals surface area (Å²) in [6, 6.07) is 2.02. The second-order valence-corrected chi connectivity index (χ2v) is 6.51. The number of nitrogens with zero attached hydrogens (tertiary/aromatic N) is 2. The van der Waals surface area contributed by atoms with Crippen molar-refractivity contribution in [2.75, 3.05) is 5.73 Å². The summed E-state index contributed by atoms with van der Waals surface area (Å²) in [5.41, 5.74) is 5.65. The molecule has 10 heteroatoms. The maximum absolute atomic E-state index is 12.3. The maximum Gasteiger partial charge on any atom is 0.244 e. The van der Waals surface area contributed by atoms with Gasteiger partial charge in [-0.15, -0.1) is 0 Å². The Kier molecular flexibility index (Phi) is 4.19. The van der Waals surface area contributed by atoms with Crippen LogP contribution in [0, 0.1) is 0 Å². The van der Waals surface area contributed by atoms with Crippen LogP contribution < -0.4 is 10.5 Å². The van der Waals surface area contributed by atoms with Crippen LogP contribution in [0.3, 0.4) is 0 Å². The quantitative estimate of drug-likeness (QED) is 0.736. The molecule has 7 nitrogen and oxygen atoms in total. The van der Waals surface area contributed by atoms with Gasteiger partial charge in [0.25, 0.3) is 0 Å². The summed E-state index contributed by atoms with van der Waals surface area (Å²) in [6.45, 7) is 1.61. The summed E-state index contributed by atoms with van der Waals surface area (Å²) in [6.07, 6.45) is 1.28. The Hall–Kier alpha value is -1.35. The molecule has 0 radical (unpaired) electrons. The van der Waals surface area contributed by atoms with Crippen LogP contribution in [0.2, 0.25) is 10.0 Å². The molecule has 2 rings (SSSR count). The molecule has 0 saturated heterocycles. The molecular formula is C10H11Cl2N5O2S. The molecule has 0 amide bonds. The summed E-state index contributed by atoms with van der Waals surface area (Å²) in [4.78, 5) is 3.66. The third-order valence-corrected chi connectivity index (χ3v) is 4.77. The third-order valence-electron chi connectivity index (χ3n) is 2.48. The summed E-state index contributed by atoms with van der Waals surface area (Å²) in [5.74, 6) is 0.372. The molecule has 0 aliphatic carbocycles. The molecule has 0 saturated carbocycles. The molecule has 0 bridgehead atoms. The Morgan fingerprint density at radius 3 is 2.65 bits per heavy atom. The van der Waals surface area contributed by atoms with E-state index in [-0.39, 0.29) is 20.6 Å². The number of hydrogen-bond acceptors (Lipinski definition) is 5. The number of rotatable bonds is 4. The zero-order valence-electron chi connectivity index (χ0n) is 10.3. The molecule has 1 heterocycles. The average molecular weight is 336 g/mol. The summed E-state index contributed by atoms with van der Waals surface area (Å²) in [7, 11) is -3.92. The second kappa shape index (κ2) is 5.57. The highest BCUT2D eigenvalue weighted by Crippen LogP contribution is 2.31. The van der Waals surface area contributed by atoms with Gasteiger partial charge in [0, 0.05) is 5.02 Å². The monoisotopic (exact) mass is 335 g/mol. The first kappa shape index (κ1) is 15.0. The number of nitrogen functional groups attached to an aromatic ring is 1. The predicted octanol–water partition coefficient (Wildman–Crippen LogP) is 1.73. The Labute approximate surface area is 125 Å². The van der Waals surface area contributed by atoms with Gasteiger partial charge in [0.1, 0.15) is 17.0 Å². The lowest BCUT2D eigenvalue weighted by atomic mass is 10.3. The highest BCUT2D eigenvalue weighted by molar-refractivity contribution is 7.89. The number of aromatic nitrogens is 3. The van der Waals surface area contributed by atoms with E-state index >= 15 is 0 Å². The molecule has 1 unspecified atom stereocenters. The largest absolute Gasteiger partial charge is 0.398 e. The van der Waals surface area contributed by atoms with E-state index in [0.29, 0.717) is 5.82 Å². The van der Waals surface area contributed by atoms with E-state index < -0.39 is 16.1 Å². The topological polar surface area (TPSA) is 114 Å². The van der Waals surface area contributed by atoms with E-state index in [2.05, 4.69) is 19.9 Å². The highest BCUT2D eigenvalue weighted by atomic mass is 35.5. The van der Waals surface area contributed by atoms with Crippen LogP contribution in [0.15, 0.2) is 23.4 Å². The Morgan fingerprint density at radius 1 is 1.40 bits per heavy atom. The number of halogens is 2. The van der Waals surface area contributed by atoms with Crippen LogP contribution in [0.25, 0.3) is 0 Å². The first-order valence-corrected chi connectivity index (χ1v) is 7.67. The van der Waals surface area contributed by atoms with Gasteiger partial charge >= 0.3 is 0 Å². The van der Waals surface area contributed by atoms with Gasteiger partial charge in [-0.1, -0.05) is 23.2 Å². The van der Waals surface area contributed by atoms with Crippen molar-refractivity contribution in [3.05, 3.63) is 34.3 Å². The van der Waals surface area contributed by atoms with Crippen molar-refractivity contribution in [3.63, 3.8) is 0 Å². The molecule has 0 aliphatic heterocycles. The number of aromatic amines is 1. The van der Waals surface area contributed by atoms with Crippen molar-refractivity contribution in [3.8, 4) is 0 Å². The number of anilines is 1. The fraction of sp³-hybridized carbons (Fsp3) is 0.200. The molecule has 2 aromatic rings. The smallest absolute Gasteiger partial charge is 0.244 e. The van der Waals surface area contributed by atoms with Crippen LogP contribution in [0.1, 0.15) is 18.8 Å². The lowest BCUT2D eigenvalue weighted by Crippen LogP contribution is -2.28. The number of nitrogens with two attached hydrogens (primary N) is 1. The summed E-state index contributed by atoms with van der Waals surface area (Å²) in [5, 5.41) is 6.44. The van der Waals surface area contributed by atoms with Crippen LogP contribution in [0.4, 0.5) is 5.69 Å². The standard InChI is InChI=1S/C10H11Cl2N5O2S/c1-5(10-14-4-15-16-10)17-20(18,19)9-7(12)2-6(11)3-8(9)13/h2-5,17H,13H2,1H3,(H,14,15,16). The highest BCUT2D eigenvalue weighted by Gasteiger charge is 2.25. The zero-order chi connectivity index (χ0) is 14.9. The van der Waals surface area contributed by atoms with Crippen LogP contribution >= 0.6 is 23.2 Å². The minimum Gasteiger partial charge on any atom is -0.398 e. The van der Waals surface area contributed by atoms with E-state index in [0.717, 1.165) is 0 Å². The average Bonchev–Trinajstić information content (AvgIpc) is 2.78. The lowest BCUT2D eigenvalue weighted by molar-refractivity contribution is 0.561. The van der Waals surface area contributed by atoms with Crippen LogP contribution in [-0.2, 0) is 10.0 Å². The van der Waals surface area contributed by atoms with Gasteiger partial charge in [0.05, 0.1) is 16.8 Å². The number of hydrogen-bond donors (Lipinski definition) is 3. The fourth-order valence-corrected chi connectivity index (χ4v) is 3.83. The molecule has 0 aliphatic rings. The molecule has 20 heavy (non-hydrogen) atoms. The first-order chi connectivity index (χ1) is 9.31. The predicted molar refractivity (Wildman–Crippen MR) is 76.0 cm³/mol. The van der Waals surface area contributed by atoms with Crippen molar-refractivity contribution in [2.24, 2.45) is 0 Å². The number of nitrogens with one attached hydrogen (secondary N) is 2. The zero-order valence-corrected chi connectivity index (χ0v) is 12.6. The third kappa shape index (κ3) is 3.04. The maximum atomic E-state index is 12.3. The van der Waals surface area contributed by atoms with E-state index in [1.807, 2.05) is 0 Å². The lowest BCUT2D eigenvalue weighted by Gasteiger charge is -2.14. The van der Waals surface area contributed by atoms with E-state index in [4.69, 9.17) is 28.9 Å². The summed E-state index contributed by atoms with van der Waals surface area (Å²) >= 11 is 11.7. The van der Waals surface area contributed by atoms with Gasteiger partial charge in [-0.05, 0) is 19.1 Å². The molecule has 1 aromatic heterocycles. The van der Waals surface area contributed by atoms with Crippen molar-refractivity contribution in [2.45, 2.75) is 17.9 Å². The van der Waals surface area contributed by atoms with Gasteiger partial charge in [-0.25, -0.2) is 18.1 Å². The van der Waals surface area contributed by atoms with Gasteiger partial charge in [0.15, 0.2) is 0 Å². The van der Waals surface area contributed by atoms with Crippen LogP contribution in [0.5, 0.6) is 0 Å². The van der Waals surface area contributed by atoms with Crippen molar-refractivity contribution < 1.29 is 8.42 Å². The Morgan fingerprint density at radius 2 is 2.10 bits per heavy atom. The Balaban J connectivity index is 2.37. The molecule has 0 spiro atoms. The van der Waals surface area contributed by atoms with Gasteiger partial charge in [-0.3, -0.25) is 5.10 Å². The summed E-state index contributed by atoms with van der Waals surface area (Å²) < 4.78 is 27.0. The molecule has 1 aromatic carbocycles. The van der Waals surface area contributed by atoms with Crippen LogP contribution in [-0.4, -0.2) is 23.6 Å². The normalized spacial score (nSPS) is 13.3. The minimum atomic E-state index is -3.92. The van der Waals surface area contributed by atoms with Gasteiger partial charge in [0.2, 0.25) is 10.0 Å². The number of benzene rings is 1. The van der Waals surface area contributed by atoms with Crippen molar-refractivity contribution in [1.82, 2.24) is 19.9 Å². The molecular weight excluding hydrogens is 325 g/mol. The number of H-pyrrole nitrogens is 1. The molecule has 4 N–H and O–H groups in total. The number of sulfonamides is 1. The minimum absolute atomic E-state index is 0.0280. The molecule has 1 atom stereocenters. The van der Waals surface area contributed by atoms with E-state index in [9.17, 15) is 8.42 Å². The van der Waals surface area contributed by atoms with E-state index in [1.54, 1.807) is 6.92 Å². The van der Waals surface area contributed by atoms with Gasteiger partial charge in [-0.2, -0.15) is 5.10 Å². The van der Waals surface area contributed by atoms with Crippen molar-refractivity contribution in [1.29, 1.82) is 0 Å². The van der Waals surface area contributed by atoms with Gasteiger partial charge < -0.3 is 5.73 Å². The van der Waals surface area contributed by atoms with Crippen molar-refractivity contribution >= 4 is 38.9 Å².